The number of hydrogen-bond acceptors (Lipinski definition) is 8. The summed E-state index contributed by atoms with van der Waals surface area (Å²) in [6.07, 6.45) is 3.39. The van der Waals surface area contributed by atoms with Crippen LogP contribution in [0.2, 0.25) is 0 Å². The molecule has 2 aromatic heterocycles. The molecule has 8 heteroatoms. The van der Waals surface area contributed by atoms with Crippen molar-refractivity contribution >= 4 is 11.8 Å². The van der Waals surface area contributed by atoms with E-state index >= 15 is 0 Å². The van der Waals surface area contributed by atoms with E-state index < -0.39 is 0 Å². The average molecular weight is 344 g/mol. The van der Waals surface area contributed by atoms with E-state index in [1.807, 2.05) is 6.92 Å². The van der Waals surface area contributed by atoms with Crippen molar-refractivity contribution in [2.24, 2.45) is 0 Å². The van der Waals surface area contributed by atoms with E-state index in [2.05, 4.69) is 30.2 Å². The first kappa shape index (κ1) is 17.3. The molecule has 0 saturated heterocycles. The zero-order valence-corrected chi connectivity index (χ0v) is 14.9. The van der Waals surface area contributed by atoms with E-state index in [0.717, 1.165) is 49.8 Å². The minimum Gasteiger partial charge on any atom is -0.481 e. The fourth-order valence-corrected chi connectivity index (χ4v) is 2.94. The zero-order chi connectivity index (χ0) is 17.6. The molecule has 2 aromatic rings. The lowest BCUT2D eigenvalue weighted by Crippen LogP contribution is -2.28. The van der Waals surface area contributed by atoms with Gasteiger partial charge in [-0.05, 0) is 13.3 Å². The average Bonchev–Trinajstić information content (AvgIpc) is 2.84. The summed E-state index contributed by atoms with van der Waals surface area (Å²) in [4.78, 5) is 20.2. The van der Waals surface area contributed by atoms with Crippen LogP contribution in [0.3, 0.4) is 0 Å². The Labute approximate surface area is 147 Å². The summed E-state index contributed by atoms with van der Waals surface area (Å²) in [5, 5.41) is 3.37. The maximum Gasteiger partial charge on any atom is 0.228 e. The number of hydrogen-bond donors (Lipinski definition) is 1. The molecule has 134 valence electrons. The first-order valence-electron chi connectivity index (χ1n) is 8.42. The van der Waals surface area contributed by atoms with Gasteiger partial charge in [-0.25, -0.2) is 15.0 Å². The predicted octanol–water partition coefficient (Wildman–Crippen LogP) is 1.25. The van der Waals surface area contributed by atoms with Gasteiger partial charge in [0.1, 0.15) is 11.6 Å². The van der Waals surface area contributed by atoms with Gasteiger partial charge >= 0.3 is 0 Å². The molecule has 1 aliphatic rings. The first-order chi connectivity index (χ1) is 12.2. The van der Waals surface area contributed by atoms with Gasteiger partial charge in [0.15, 0.2) is 0 Å². The molecule has 0 atom stereocenters. The van der Waals surface area contributed by atoms with Gasteiger partial charge in [0, 0.05) is 51.0 Å². The Morgan fingerprint density at radius 3 is 2.80 bits per heavy atom. The number of nitrogens with one attached hydrogen (secondary N) is 1. The third-order valence-electron chi connectivity index (χ3n) is 4.16. The maximum absolute atomic E-state index is 5.21. The molecule has 0 radical (unpaired) electrons. The minimum atomic E-state index is 0.573. The minimum absolute atomic E-state index is 0.573. The lowest BCUT2D eigenvalue weighted by Gasteiger charge is -2.20. The van der Waals surface area contributed by atoms with Gasteiger partial charge in [0.25, 0.3) is 0 Å². The highest BCUT2D eigenvalue weighted by atomic mass is 16.5. The fourth-order valence-electron chi connectivity index (χ4n) is 2.94. The highest BCUT2D eigenvalue weighted by Crippen LogP contribution is 2.23. The Morgan fingerprint density at radius 2 is 2.00 bits per heavy atom. The molecule has 8 nitrogen and oxygen atoms in total. The molecule has 0 spiro atoms. The number of rotatable bonds is 6. The molecule has 0 saturated carbocycles. The number of methoxy groups -OCH3 is 2. The van der Waals surface area contributed by atoms with Crippen molar-refractivity contribution in [1.82, 2.24) is 19.9 Å². The van der Waals surface area contributed by atoms with Gasteiger partial charge in [0.05, 0.1) is 19.4 Å². The van der Waals surface area contributed by atoms with Crippen LogP contribution in [0.25, 0.3) is 0 Å². The molecule has 3 rings (SSSR count). The molecular weight excluding hydrogens is 320 g/mol. The SMILES string of the molecule is COCCNc1nc(C)nc2c1CCN(c1nccc(OC)n1)CC2. The number of anilines is 2. The van der Waals surface area contributed by atoms with Crippen molar-refractivity contribution in [3.63, 3.8) is 0 Å². The predicted molar refractivity (Wildman–Crippen MR) is 95.3 cm³/mol. The van der Waals surface area contributed by atoms with Gasteiger partial charge in [-0.15, -0.1) is 0 Å². The van der Waals surface area contributed by atoms with Crippen LogP contribution in [-0.2, 0) is 17.6 Å². The summed E-state index contributed by atoms with van der Waals surface area (Å²) in [7, 11) is 3.31. The summed E-state index contributed by atoms with van der Waals surface area (Å²) in [5.74, 6) is 2.95. The molecule has 1 N–H and O–H groups in total. The monoisotopic (exact) mass is 344 g/mol. The van der Waals surface area contributed by atoms with E-state index in [-0.39, 0.29) is 0 Å². The standard InChI is InChI=1S/C17H24N6O2/c1-12-20-14-6-10-23(17-19-7-4-15(22-17)25-3)9-5-13(14)16(21-12)18-8-11-24-2/h4,7H,5-6,8-11H2,1-3H3,(H,18,20,21). The van der Waals surface area contributed by atoms with Crippen molar-refractivity contribution in [2.75, 3.05) is 50.7 Å². The van der Waals surface area contributed by atoms with E-state index in [0.29, 0.717) is 18.4 Å². The molecule has 0 aliphatic carbocycles. The van der Waals surface area contributed by atoms with E-state index in [9.17, 15) is 0 Å². The van der Waals surface area contributed by atoms with E-state index in [1.165, 1.54) is 5.56 Å². The topological polar surface area (TPSA) is 85.3 Å². The Kier molecular flexibility index (Phi) is 5.60. The van der Waals surface area contributed by atoms with Crippen LogP contribution in [0.1, 0.15) is 17.1 Å². The Morgan fingerprint density at radius 1 is 1.16 bits per heavy atom. The Hall–Kier alpha value is -2.48. The van der Waals surface area contributed by atoms with Crippen LogP contribution in [0.5, 0.6) is 5.88 Å². The molecule has 0 unspecified atom stereocenters. The third-order valence-corrected chi connectivity index (χ3v) is 4.16. The van der Waals surface area contributed by atoms with Crippen LogP contribution in [0.15, 0.2) is 12.3 Å². The molecule has 0 amide bonds. The van der Waals surface area contributed by atoms with Crippen molar-refractivity contribution < 1.29 is 9.47 Å². The Balaban J connectivity index is 1.80. The van der Waals surface area contributed by atoms with Crippen LogP contribution in [-0.4, -0.2) is 60.4 Å². The van der Waals surface area contributed by atoms with Gasteiger partial charge < -0.3 is 19.7 Å². The second-order valence-corrected chi connectivity index (χ2v) is 5.85. The van der Waals surface area contributed by atoms with E-state index in [4.69, 9.17) is 9.47 Å². The van der Waals surface area contributed by atoms with Crippen molar-refractivity contribution in [1.29, 1.82) is 0 Å². The summed E-state index contributed by atoms with van der Waals surface area (Å²) in [6.45, 7) is 4.92. The smallest absolute Gasteiger partial charge is 0.228 e. The second kappa shape index (κ2) is 8.06. The summed E-state index contributed by atoms with van der Waals surface area (Å²) in [6, 6.07) is 1.75. The molecule has 1 aliphatic heterocycles. The highest BCUT2D eigenvalue weighted by Gasteiger charge is 2.21. The van der Waals surface area contributed by atoms with Crippen molar-refractivity contribution in [3.8, 4) is 5.88 Å². The van der Waals surface area contributed by atoms with Crippen molar-refractivity contribution in [3.05, 3.63) is 29.3 Å². The van der Waals surface area contributed by atoms with E-state index in [1.54, 1.807) is 26.5 Å². The largest absolute Gasteiger partial charge is 0.481 e. The van der Waals surface area contributed by atoms with Crippen LogP contribution in [0.4, 0.5) is 11.8 Å². The Bertz CT molecular complexity index is 724. The highest BCUT2D eigenvalue weighted by molar-refractivity contribution is 5.49. The van der Waals surface area contributed by atoms with Gasteiger partial charge in [-0.3, -0.25) is 0 Å². The first-order valence-corrected chi connectivity index (χ1v) is 8.42. The number of ether oxygens (including phenoxy) is 2. The summed E-state index contributed by atoms with van der Waals surface area (Å²) >= 11 is 0. The number of nitrogens with zero attached hydrogens (tertiary/aromatic N) is 5. The van der Waals surface area contributed by atoms with Gasteiger partial charge in [-0.2, -0.15) is 4.98 Å². The molecule has 0 fully saturated rings. The number of fused-ring (bicyclic) bond motifs is 1. The van der Waals surface area contributed by atoms with Crippen LogP contribution < -0.4 is 15.0 Å². The van der Waals surface area contributed by atoms with Crippen LogP contribution in [0, 0.1) is 6.92 Å². The van der Waals surface area contributed by atoms with Crippen molar-refractivity contribution in [2.45, 2.75) is 19.8 Å². The second-order valence-electron chi connectivity index (χ2n) is 5.85. The van der Waals surface area contributed by atoms with Gasteiger partial charge in [-0.1, -0.05) is 0 Å². The quantitative estimate of drug-likeness (QED) is 0.784. The number of aromatic nitrogens is 4. The lowest BCUT2D eigenvalue weighted by molar-refractivity contribution is 0.210. The zero-order valence-electron chi connectivity index (χ0n) is 14.9. The lowest BCUT2D eigenvalue weighted by atomic mass is 10.1. The van der Waals surface area contributed by atoms with Crippen LogP contribution >= 0.6 is 0 Å². The molecule has 25 heavy (non-hydrogen) atoms. The molecule has 0 bridgehead atoms. The molecule has 0 aromatic carbocycles. The maximum atomic E-state index is 5.21. The third kappa shape index (κ3) is 4.14. The fraction of sp³-hybridized carbons (Fsp3) is 0.529. The normalized spacial score (nSPS) is 14.0. The summed E-state index contributed by atoms with van der Waals surface area (Å²) < 4.78 is 10.3. The molecular formula is C17H24N6O2. The number of aryl methyl sites for hydroxylation is 1. The summed E-state index contributed by atoms with van der Waals surface area (Å²) in [5.41, 5.74) is 2.27. The molecule has 3 heterocycles. The van der Waals surface area contributed by atoms with Gasteiger partial charge in [0.2, 0.25) is 11.8 Å².